The van der Waals surface area contributed by atoms with Crippen LogP contribution in [0.25, 0.3) is 5.57 Å². The fourth-order valence-electron chi connectivity index (χ4n) is 1.55. The molecule has 1 aliphatic rings. The van der Waals surface area contributed by atoms with Crippen LogP contribution in [0.3, 0.4) is 0 Å². The number of nitrogens with one attached hydrogen (secondary N) is 1. The van der Waals surface area contributed by atoms with Gasteiger partial charge in [-0.15, -0.1) is 0 Å². The molecule has 62 valence electrons. The second-order valence-corrected chi connectivity index (χ2v) is 2.87. The average molecular weight is 161 g/mol. The number of benzene rings is 1. The molecule has 0 unspecified atom stereocenters. The second kappa shape index (κ2) is 2.55. The number of rotatable bonds is 0. The van der Waals surface area contributed by atoms with Gasteiger partial charge in [-0.1, -0.05) is 12.1 Å². The van der Waals surface area contributed by atoms with Crippen LogP contribution in [0, 0.1) is 0 Å². The quantitative estimate of drug-likeness (QED) is 0.611. The first-order valence-electron chi connectivity index (χ1n) is 4.04. The lowest BCUT2D eigenvalue weighted by Crippen LogP contribution is -1.90. The van der Waals surface area contributed by atoms with E-state index in [9.17, 15) is 5.11 Å². The van der Waals surface area contributed by atoms with Crippen molar-refractivity contribution in [2.75, 3.05) is 11.9 Å². The molecule has 1 aliphatic heterocycles. The van der Waals surface area contributed by atoms with E-state index in [1.807, 2.05) is 25.1 Å². The number of hydrogen-bond donors (Lipinski definition) is 2. The molecule has 0 fully saturated rings. The average Bonchev–Trinajstić information content (AvgIpc) is 2.49. The number of phenols is 1. The van der Waals surface area contributed by atoms with E-state index in [1.165, 1.54) is 5.57 Å². The molecule has 1 aromatic carbocycles. The molecule has 0 radical (unpaired) electrons. The minimum atomic E-state index is 0.366. The Labute approximate surface area is 71.5 Å². The van der Waals surface area contributed by atoms with Crippen molar-refractivity contribution in [1.82, 2.24) is 0 Å². The Morgan fingerprint density at radius 1 is 1.50 bits per heavy atom. The van der Waals surface area contributed by atoms with Gasteiger partial charge in [0.05, 0.1) is 0 Å². The minimum absolute atomic E-state index is 0.366. The Hall–Kier alpha value is -1.44. The molecule has 0 saturated heterocycles. The summed E-state index contributed by atoms with van der Waals surface area (Å²) in [5.74, 6) is 0.366. The fraction of sp³-hybridized carbons (Fsp3) is 0.200. The number of phenolic OH excluding ortho intramolecular Hbond substituents is 1. The van der Waals surface area contributed by atoms with Gasteiger partial charge in [0.2, 0.25) is 0 Å². The predicted molar refractivity (Wildman–Crippen MR) is 50.2 cm³/mol. The Morgan fingerprint density at radius 3 is 3.08 bits per heavy atom. The first-order chi connectivity index (χ1) is 5.83. The lowest BCUT2D eigenvalue weighted by atomic mass is 10.1. The predicted octanol–water partition coefficient (Wildman–Crippen LogP) is 2.22. The summed E-state index contributed by atoms with van der Waals surface area (Å²) < 4.78 is 0. The lowest BCUT2D eigenvalue weighted by molar-refractivity contribution is 0.474. The van der Waals surface area contributed by atoms with Gasteiger partial charge in [0, 0.05) is 17.8 Å². The topological polar surface area (TPSA) is 32.3 Å². The monoisotopic (exact) mass is 161 g/mol. The minimum Gasteiger partial charge on any atom is -0.507 e. The maximum absolute atomic E-state index is 9.55. The third-order valence-corrected chi connectivity index (χ3v) is 2.18. The standard InChI is InChI=1S/C10H11NO/c1-2-7-6-11-8-4-3-5-9(12)10(7)8/h2-5,11-12H,6H2,1H3/b7-2+. The Morgan fingerprint density at radius 2 is 2.33 bits per heavy atom. The van der Waals surface area contributed by atoms with E-state index in [0.29, 0.717) is 5.75 Å². The molecule has 1 heterocycles. The second-order valence-electron chi connectivity index (χ2n) is 2.87. The van der Waals surface area contributed by atoms with Crippen LogP contribution >= 0.6 is 0 Å². The highest BCUT2D eigenvalue weighted by Gasteiger charge is 2.17. The van der Waals surface area contributed by atoms with Gasteiger partial charge in [-0.3, -0.25) is 0 Å². The summed E-state index contributed by atoms with van der Waals surface area (Å²) in [6.45, 7) is 2.81. The Kier molecular flexibility index (Phi) is 1.54. The van der Waals surface area contributed by atoms with Gasteiger partial charge in [0.25, 0.3) is 0 Å². The first-order valence-corrected chi connectivity index (χ1v) is 4.04. The Balaban J connectivity index is 2.63. The van der Waals surface area contributed by atoms with Crippen LogP contribution in [-0.2, 0) is 0 Å². The van der Waals surface area contributed by atoms with E-state index in [2.05, 4.69) is 5.32 Å². The molecule has 0 spiro atoms. The zero-order chi connectivity index (χ0) is 8.55. The van der Waals surface area contributed by atoms with Crippen molar-refractivity contribution in [2.45, 2.75) is 6.92 Å². The van der Waals surface area contributed by atoms with Crippen molar-refractivity contribution < 1.29 is 5.11 Å². The molecule has 0 aliphatic carbocycles. The largest absolute Gasteiger partial charge is 0.507 e. The van der Waals surface area contributed by atoms with Gasteiger partial charge >= 0.3 is 0 Å². The summed E-state index contributed by atoms with van der Waals surface area (Å²) in [6.07, 6.45) is 2.03. The van der Waals surface area contributed by atoms with E-state index < -0.39 is 0 Å². The zero-order valence-electron chi connectivity index (χ0n) is 6.96. The molecule has 0 aromatic heterocycles. The SMILES string of the molecule is C/C=C1\CNc2cccc(O)c21. The van der Waals surface area contributed by atoms with Crippen LogP contribution in [0.2, 0.25) is 0 Å². The lowest BCUT2D eigenvalue weighted by Gasteiger charge is -2.00. The third-order valence-electron chi connectivity index (χ3n) is 2.18. The summed E-state index contributed by atoms with van der Waals surface area (Å²) in [6, 6.07) is 5.54. The van der Waals surface area contributed by atoms with Crippen LogP contribution in [0.5, 0.6) is 5.75 Å². The molecule has 0 saturated carbocycles. The number of anilines is 1. The van der Waals surface area contributed by atoms with Crippen LogP contribution in [0.15, 0.2) is 24.3 Å². The summed E-state index contributed by atoms with van der Waals surface area (Å²) in [4.78, 5) is 0. The summed E-state index contributed by atoms with van der Waals surface area (Å²) >= 11 is 0. The van der Waals surface area contributed by atoms with Crippen molar-refractivity contribution in [3.63, 3.8) is 0 Å². The molecule has 0 bridgehead atoms. The van der Waals surface area contributed by atoms with Crippen molar-refractivity contribution in [1.29, 1.82) is 0 Å². The molecule has 2 rings (SSSR count). The smallest absolute Gasteiger partial charge is 0.125 e. The highest BCUT2D eigenvalue weighted by molar-refractivity contribution is 5.87. The fourth-order valence-corrected chi connectivity index (χ4v) is 1.55. The molecular weight excluding hydrogens is 150 g/mol. The van der Waals surface area contributed by atoms with Crippen LogP contribution in [0.1, 0.15) is 12.5 Å². The van der Waals surface area contributed by atoms with Crippen LogP contribution in [-0.4, -0.2) is 11.7 Å². The van der Waals surface area contributed by atoms with Gasteiger partial charge in [0.1, 0.15) is 5.75 Å². The van der Waals surface area contributed by atoms with E-state index in [-0.39, 0.29) is 0 Å². The van der Waals surface area contributed by atoms with Crippen LogP contribution < -0.4 is 5.32 Å². The van der Waals surface area contributed by atoms with E-state index >= 15 is 0 Å². The third kappa shape index (κ3) is 0.881. The number of allylic oxidation sites excluding steroid dienone is 1. The van der Waals surface area contributed by atoms with E-state index in [4.69, 9.17) is 0 Å². The normalized spacial score (nSPS) is 17.6. The van der Waals surface area contributed by atoms with E-state index in [1.54, 1.807) is 6.07 Å². The van der Waals surface area contributed by atoms with Gasteiger partial charge in [-0.25, -0.2) is 0 Å². The number of hydrogen-bond acceptors (Lipinski definition) is 2. The molecule has 0 amide bonds. The molecular formula is C10H11NO. The summed E-state index contributed by atoms with van der Waals surface area (Å²) in [7, 11) is 0. The molecule has 2 N–H and O–H groups in total. The number of fused-ring (bicyclic) bond motifs is 1. The van der Waals surface area contributed by atoms with Gasteiger partial charge in [-0.05, 0) is 24.6 Å². The molecule has 12 heavy (non-hydrogen) atoms. The first kappa shape index (κ1) is 7.22. The van der Waals surface area contributed by atoms with Crippen molar-refractivity contribution in [3.05, 3.63) is 29.8 Å². The van der Waals surface area contributed by atoms with Crippen LogP contribution in [0.4, 0.5) is 5.69 Å². The molecule has 0 atom stereocenters. The van der Waals surface area contributed by atoms with Gasteiger partial charge in [0.15, 0.2) is 0 Å². The zero-order valence-corrected chi connectivity index (χ0v) is 6.96. The Bertz CT molecular complexity index is 342. The molecule has 2 nitrogen and oxygen atoms in total. The highest BCUT2D eigenvalue weighted by atomic mass is 16.3. The van der Waals surface area contributed by atoms with E-state index in [0.717, 1.165) is 17.8 Å². The van der Waals surface area contributed by atoms with Gasteiger partial charge in [-0.2, -0.15) is 0 Å². The maximum Gasteiger partial charge on any atom is 0.125 e. The highest BCUT2D eigenvalue weighted by Crippen LogP contribution is 2.36. The van der Waals surface area contributed by atoms with Crippen molar-refractivity contribution in [2.24, 2.45) is 0 Å². The van der Waals surface area contributed by atoms with Crippen molar-refractivity contribution in [3.8, 4) is 5.75 Å². The molecule has 2 heteroatoms. The summed E-state index contributed by atoms with van der Waals surface area (Å²) in [5, 5.41) is 12.8. The van der Waals surface area contributed by atoms with Crippen molar-refractivity contribution >= 4 is 11.3 Å². The number of aromatic hydroxyl groups is 1. The maximum atomic E-state index is 9.55. The summed E-state index contributed by atoms with van der Waals surface area (Å²) in [5.41, 5.74) is 3.16. The van der Waals surface area contributed by atoms with Gasteiger partial charge < -0.3 is 10.4 Å². The molecule has 1 aromatic rings.